The molecule has 0 aliphatic carbocycles. The lowest BCUT2D eigenvalue weighted by molar-refractivity contribution is 0.140. The minimum absolute atomic E-state index is 0.513. The van der Waals surface area contributed by atoms with Crippen molar-refractivity contribution < 1.29 is 9.90 Å². The first-order chi connectivity index (χ1) is 6.59. The molecule has 2 rings (SSSR count). The van der Waals surface area contributed by atoms with Crippen molar-refractivity contribution in [3.05, 3.63) is 18.7 Å². The van der Waals surface area contributed by atoms with Crippen LogP contribution in [0, 0.1) is 0 Å². The van der Waals surface area contributed by atoms with Gasteiger partial charge in [0.15, 0.2) is 0 Å². The first kappa shape index (κ1) is 10.4. The second-order valence-electron chi connectivity index (χ2n) is 3.05. The third-order valence-electron chi connectivity index (χ3n) is 2.22. The van der Waals surface area contributed by atoms with Crippen molar-refractivity contribution in [3.63, 3.8) is 0 Å². The van der Waals surface area contributed by atoms with Gasteiger partial charge in [-0.2, -0.15) is 0 Å². The molecule has 1 amide bonds. The Labute approximate surface area is 102 Å². The molecule has 76 valence electrons. The molecule has 14 heavy (non-hydrogen) atoms. The molecule has 1 aromatic heterocycles. The number of hydrogen-bond donors (Lipinski definition) is 1. The highest BCUT2D eigenvalue weighted by atomic mass is 79.9. The number of amides is 1. The van der Waals surface area contributed by atoms with E-state index in [4.69, 9.17) is 5.11 Å². The van der Waals surface area contributed by atoms with Crippen LogP contribution in [-0.2, 0) is 13.0 Å². The van der Waals surface area contributed by atoms with Gasteiger partial charge >= 0.3 is 6.09 Å². The molecule has 0 aromatic carbocycles. The molecule has 1 aliphatic heterocycles. The Kier molecular flexibility index (Phi) is 2.86. The molecule has 1 aliphatic rings. The number of halogens is 2. The largest absolute Gasteiger partial charge is 0.465 e. The maximum absolute atomic E-state index is 10.8. The predicted octanol–water partition coefficient (Wildman–Crippen LogP) is 3.31. The van der Waals surface area contributed by atoms with Crippen LogP contribution in [0.2, 0.25) is 0 Å². The minimum Gasteiger partial charge on any atom is -0.465 e. The van der Waals surface area contributed by atoms with Crippen LogP contribution in [-0.4, -0.2) is 22.6 Å². The standard InChI is InChI=1S/C8H7Br2NO2S/c9-6-4-1-2-11(8(12)13)3-5(4)14-7(6)10/h1-3H2,(H,12,13). The molecule has 1 N–H and O–H groups in total. The van der Waals surface area contributed by atoms with Crippen LogP contribution >= 0.6 is 43.2 Å². The van der Waals surface area contributed by atoms with E-state index in [0.717, 1.165) is 19.6 Å². The van der Waals surface area contributed by atoms with Gasteiger partial charge in [0.05, 0.1) is 10.3 Å². The third-order valence-corrected chi connectivity index (χ3v) is 5.78. The van der Waals surface area contributed by atoms with Gasteiger partial charge in [-0.1, -0.05) is 0 Å². The zero-order valence-electron chi connectivity index (χ0n) is 7.09. The van der Waals surface area contributed by atoms with E-state index in [9.17, 15) is 4.79 Å². The van der Waals surface area contributed by atoms with Gasteiger partial charge in [0.25, 0.3) is 0 Å². The number of nitrogens with zero attached hydrogens (tertiary/aromatic N) is 1. The number of rotatable bonds is 0. The van der Waals surface area contributed by atoms with Crippen LogP contribution in [0.1, 0.15) is 10.4 Å². The summed E-state index contributed by atoms with van der Waals surface area (Å²) in [4.78, 5) is 13.3. The van der Waals surface area contributed by atoms with Gasteiger partial charge in [0.2, 0.25) is 0 Å². The topological polar surface area (TPSA) is 40.5 Å². The van der Waals surface area contributed by atoms with Crippen LogP contribution in [0.3, 0.4) is 0 Å². The molecule has 0 saturated carbocycles. The number of carbonyl (C=O) groups is 1. The summed E-state index contributed by atoms with van der Waals surface area (Å²) in [5.74, 6) is 0. The Hall–Kier alpha value is -0.0700. The van der Waals surface area contributed by atoms with E-state index in [0.29, 0.717) is 13.1 Å². The zero-order chi connectivity index (χ0) is 10.3. The van der Waals surface area contributed by atoms with Gasteiger partial charge in [-0.15, -0.1) is 11.3 Å². The molecular formula is C8H7Br2NO2S. The van der Waals surface area contributed by atoms with Crippen LogP contribution in [0.5, 0.6) is 0 Å². The second-order valence-corrected chi connectivity index (χ2v) is 6.26. The van der Waals surface area contributed by atoms with E-state index in [1.807, 2.05) is 0 Å². The second kappa shape index (κ2) is 3.83. The molecule has 6 heteroatoms. The Morgan fingerprint density at radius 2 is 2.21 bits per heavy atom. The first-order valence-corrected chi connectivity index (χ1v) is 6.43. The summed E-state index contributed by atoms with van der Waals surface area (Å²) in [7, 11) is 0. The van der Waals surface area contributed by atoms with Crippen molar-refractivity contribution in [3.8, 4) is 0 Å². The van der Waals surface area contributed by atoms with Crippen LogP contribution in [0.4, 0.5) is 4.79 Å². The van der Waals surface area contributed by atoms with Crippen LogP contribution in [0.15, 0.2) is 8.26 Å². The van der Waals surface area contributed by atoms with Crippen molar-refractivity contribution in [2.45, 2.75) is 13.0 Å². The van der Waals surface area contributed by atoms with Crippen molar-refractivity contribution in [1.82, 2.24) is 4.90 Å². The van der Waals surface area contributed by atoms with E-state index >= 15 is 0 Å². The van der Waals surface area contributed by atoms with Crippen LogP contribution in [0.25, 0.3) is 0 Å². The number of hydrogen-bond acceptors (Lipinski definition) is 2. The maximum Gasteiger partial charge on any atom is 0.407 e. The molecule has 0 bridgehead atoms. The lowest BCUT2D eigenvalue weighted by Gasteiger charge is -2.23. The quantitative estimate of drug-likeness (QED) is 0.787. The summed E-state index contributed by atoms with van der Waals surface area (Å²) in [5.41, 5.74) is 1.25. The molecule has 0 radical (unpaired) electrons. The number of carboxylic acid groups (broad SMARTS) is 1. The van der Waals surface area contributed by atoms with E-state index in [1.54, 1.807) is 11.3 Å². The summed E-state index contributed by atoms with van der Waals surface area (Å²) in [6, 6.07) is 0. The summed E-state index contributed by atoms with van der Waals surface area (Å²) in [5, 5.41) is 8.85. The average molecular weight is 341 g/mol. The van der Waals surface area contributed by atoms with Gasteiger partial charge in [-0.05, 0) is 43.8 Å². The highest BCUT2D eigenvalue weighted by Crippen LogP contribution is 2.40. The van der Waals surface area contributed by atoms with Gasteiger partial charge in [0, 0.05) is 15.9 Å². The van der Waals surface area contributed by atoms with Gasteiger partial charge in [-0.3, -0.25) is 0 Å². The van der Waals surface area contributed by atoms with Gasteiger partial charge in [-0.25, -0.2) is 4.79 Å². The highest BCUT2D eigenvalue weighted by Gasteiger charge is 2.24. The minimum atomic E-state index is -0.837. The Balaban J connectivity index is 2.31. The lowest BCUT2D eigenvalue weighted by Crippen LogP contribution is -2.34. The normalized spacial score (nSPS) is 15.4. The summed E-state index contributed by atoms with van der Waals surface area (Å²) in [6.07, 6.45) is -0.0408. The molecule has 0 spiro atoms. The van der Waals surface area contributed by atoms with E-state index in [-0.39, 0.29) is 0 Å². The summed E-state index contributed by atoms with van der Waals surface area (Å²) < 4.78 is 2.14. The van der Waals surface area contributed by atoms with E-state index < -0.39 is 6.09 Å². The SMILES string of the molecule is O=C(O)N1CCc2c(sc(Br)c2Br)C1. The fourth-order valence-corrected chi connectivity index (χ4v) is 4.11. The fraction of sp³-hybridized carbons (Fsp3) is 0.375. The Morgan fingerprint density at radius 1 is 1.50 bits per heavy atom. The molecule has 1 aromatic rings. The fourth-order valence-electron chi connectivity index (χ4n) is 1.49. The number of fused-ring (bicyclic) bond motifs is 1. The molecule has 0 atom stereocenters. The summed E-state index contributed by atoms with van der Waals surface area (Å²) in [6.45, 7) is 1.10. The molecule has 0 unspecified atom stereocenters. The monoisotopic (exact) mass is 339 g/mol. The van der Waals surface area contributed by atoms with Gasteiger partial charge in [0.1, 0.15) is 0 Å². The molecular weight excluding hydrogens is 334 g/mol. The smallest absolute Gasteiger partial charge is 0.407 e. The number of thiophene rings is 1. The molecule has 2 heterocycles. The summed E-state index contributed by atoms with van der Waals surface area (Å²) >= 11 is 8.53. The van der Waals surface area contributed by atoms with Crippen molar-refractivity contribution in [2.75, 3.05) is 6.54 Å². The molecule has 0 saturated heterocycles. The van der Waals surface area contributed by atoms with Crippen molar-refractivity contribution in [2.24, 2.45) is 0 Å². The van der Waals surface area contributed by atoms with E-state index in [2.05, 4.69) is 31.9 Å². The molecule has 3 nitrogen and oxygen atoms in total. The lowest BCUT2D eigenvalue weighted by atomic mass is 10.1. The zero-order valence-corrected chi connectivity index (χ0v) is 11.1. The first-order valence-electron chi connectivity index (χ1n) is 4.03. The molecule has 0 fully saturated rings. The Bertz CT molecular complexity index is 391. The average Bonchev–Trinajstić information content (AvgIpc) is 2.42. The predicted molar refractivity (Wildman–Crippen MR) is 61.9 cm³/mol. The van der Waals surface area contributed by atoms with Crippen molar-refractivity contribution >= 4 is 49.3 Å². The maximum atomic E-state index is 10.8. The highest BCUT2D eigenvalue weighted by molar-refractivity contribution is 9.13. The van der Waals surface area contributed by atoms with Crippen molar-refractivity contribution in [1.29, 1.82) is 0 Å². The third kappa shape index (κ3) is 1.70. The van der Waals surface area contributed by atoms with E-state index in [1.165, 1.54) is 10.5 Å². The van der Waals surface area contributed by atoms with Crippen LogP contribution < -0.4 is 0 Å². The van der Waals surface area contributed by atoms with Gasteiger partial charge < -0.3 is 10.0 Å². The Morgan fingerprint density at radius 3 is 2.86 bits per heavy atom.